The molecule has 1 aliphatic heterocycles. The number of aromatic nitrogens is 2. The molecule has 3 heterocycles. The Morgan fingerprint density at radius 3 is 2.22 bits per heavy atom. The molecular weight excluding hydrogens is 334 g/mol. The first kappa shape index (κ1) is 17.5. The molecule has 27 heavy (non-hydrogen) atoms. The highest BCUT2D eigenvalue weighted by Crippen LogP contribution is 2.51. The van der Waals surface area contributed by atoms with E-state index in [1.165, 1.54) is 22.4 Å². The molecule has 0 bridgehead atoms. The summed E-state index contributed by atoms with van der Waals surface area (Å²) < 4.78 is 6.08. The highest BCUT2D eigenvalue weighted by molar-refractivity contribution is 5.88. The van der Waals surface area contributed by atoms with E-state index >= 15 is 0 Å². The minimum absolute atomic E-state index is 0.110. The smallest absolute Gasteiger partial charge is 0.169 e. The summed E-state index contributed by atoms with van der Waals surface area (Å²) in [7, 11) is 0. The molecule has 1 aliphatic rings. The lowest BCUT2D eigenvalue weighted by Crippen LogP contribution is -2.19. The van der Waals surface area contributed by atoms with Gasteiger partial charge in [0.2, 0.25) is 0 Å². The van der Waals surface area contributed by atoms with E-state index in [-0.39, 0.29) is 5.41 Å². The van der Waals surface area contributed by atoms with Gasteiger partial charge in [0, 0.05) is 11.9 Å². The molecule has 4 nitrogen and oxygen atoms in total. The predicted molar refractivity (Wildman–Crippen MR) is 110 cm³/mol. The maximum Gasteiger partial charge on any atom is 0.169 e. The summed E-state index contributed by atoms with van der Waals surface area (Å²) in [6.45, 7) is 13.1. The van der Waals surface area contributed by atoms with Crippen LogP contribution in [0.5, 0.6) is 11.5 Å². The van der Waals surface area contributed by atoms with Crippen LogP contribution >= 0.6 is 0 Å². The molecule has 138 valence electrons. The van der Waals surface area contributed by atoms with E-state index in [9.17, 15) is 0 Å². The van der Waals surface area contributed by atoms with Crippen LogP contribution in [-0.4, -0.2) is 9.97 Å². The number of rotatable bonds is 1. The van der Waals surface area contributed by atoms with Crippen LogP contribution in [0.25, 0.3) is 0 Å². The van der Waals surface area contributed by atoms with Gasteiger partial charge < -0.3 is 9.64 Å². The summed E-state index contributed by atoms with van der Waals surface area (Å²) in [6, 6.07) is 8.68. The largest absolute Gasteiger partial charge is 0.450 e. The van der Waals surface area contributed by atoms with Crippen molar-refractivity contribution < 1.29 is 4.74 Å². The van der Waals surface area contributed by atoms with Crippen LogP contribution < -0.4 is 9.64 Å². The van der Waals surface area contributed by atoms with Crippen LogP contribution in [0.2, 0.25) is 0 Å². The van der Waals surface area contributed by atoms with Crippen molar-refractivity contribution in [2.75, 3.05) is 4.90 Å². The topological polar surface area (TPSA) is 38.3 Å². The van der Waals surface area contributed by atoms with Crippen molar-refractivity contribution in [1.29, 1.82) is 0 Å². The monoisotopic (exact) mass is 359 g/mol. The third kappa shape index (κ3) is 2.95. The van der Waals surface area contributed by atoms with E-state index < -0.39 is 0 Å². The number of hydrogen-bond acceptors (Lipinski definition) is 4. The number of aryl methyl sites for hydroxylation is 3. The Morgan fingerprint density at radius 1 is 0.889 bits per heavy atom. The second-order valence-electron chi connectivity index (χ2n) is 8.28. The third-order valence-electron chi connectivity index (χ3n) is 5.03. The molecule has 0 unspecified atom stereocenters. The zero-order valence-electron chi connectivity index (χ0n) is 16.8. The summed E-state index contributed by atoms with van der Waals surface area (Å²) in [5.74, 6) is 1.49. The quantitative estimate of drug-likeness (QED) is 0.401. The average molecular weight is 359 g/mol. The number of pyridine rings is 2. The van der Waals surface area contributed by atoms with E-state index in [4.69, 9.17) is 4.74 Å². The minimum Gasteiger partial charge on any atom is -0.450 e. The molecule has 0 spiro atoms. The Kier molecular flexibility index (Phi) is 3.95. The zero-order valence-corrected chi connectivity index (χ0v) is 16.8. The number of hydrogen-bond donors (Lipinski definition) is 0. The second-order valence-corrected chi connectivity index (χ2v) is 8.28. The van der Waals surface area contributed by atoms with Crippen molar-refractivity contribution in [3.8, 4) is 11.5 Å². The van der Waals surface area contributed by atoms with Gasteiger partial charge in [-0.3, -0.25) is 9.97 Å². The fourth-order valence-corrected chi connectivity index (χ4v) is 3.65. The highest BCUT2D eigenvalue weighted by atomic mass is 16.5. The maximum atomic E-state index is 6.08. The van der Waals surface area contributed by atoms with Gasteiger partial charge in [-0.15, -0.1) is 0 Å². The van der Waals surface area contributed by atoms with E-state index in [2.05, 4.69) is 67.7 Å². The van der Waals surface area contributed by atoms with E-state index in [1.807, 2.05) is 19.2 Å². The van der Waals surface area contributed by atoms with Crippen LogP contribution in [0.1, 0.15) is 43.2 Å². The predicted octanol–water partition coefficient (Wildman–Crippen LogP) is 6.27. The Labute approximate surface area is 160 Å². The minimum atomic E-state index is 0.110. The summed E-state index contributed by atoms with van der Waals surface area (Å²) in [5, 5.41) is 0. The summed E-state index contributed by atoms with van der Waals surface area (Å²) in [5.41, 5.74) is 8.09. The van der Waals surface area contributed by atoms with Crippen LogP contribution in [-0.2, 0) is 5.41 Å². The Morgan fingerprint density at radius 2 is 1.56 bits per heavy atom. The van der Waals surface area contributed by atoms with Crippen molar-refractivity contribution in [3.63, 3.8) is 0 Å². The molecular formula is C23H25N3O. The zero-order chi connectivity index (χ0) is 19.3. The molecule has 0 saturated carbocycles. The molecule has 4 heteroatoms. The lowest BCUT2D eigenvalue weighted by atomic mass is 9.84. The van der Waals surface area contributed by atoms with Crippen molar-refractivity contribution >= 4 is 17.1 Å². The molecule has 0 saturated heterocycles. The number of nitrogens with zero attached hydrogens (tertiary/aromatic N) is 3. The fraction of sp³-hybridized carbons (Fsp3) is 0.304. The number of benzene rings is 1. The Balaban J connectivity index is 1.99. The van der Waals surface area contributed by atoms with Crippen molar-refractivity contribution in [3.05, 3.63) is 65.2 Å². The normalized spacial score (nSPS) is 13.0. The van der Waals surface area contributed by atoms with Gasteiger partial charge in [0.05, 0.1) is 29.5 Å². The lowest BCUT2D eigenvalue weighted by Gasteiger charge is -2.35. The molecule has 0 N–H and O–H groups in total. The van der Waals surface area contributed by atoms with Crippen molar-refractivity contribution in [2.45, 2.75) is 47.0 Å². The molecule has 0 fully saturated rings. The van der Waals surface area contributed by atoms with Gasteiger partial charge in [0.15, 0.2) is 11.5 Å². The Bertz CT molecular complexity index is 1010. The van der Waals surface area contributed by atoms with Gasteiger partial charge in [-0.1, -0.05) is 32.9 Å². The third-order valence-corrected chi connectivity index (χ3v) is 5.03. The maximum absolute atomic E-state index is 6.08. The fourth-order valence-electron chi connectivity index (χ4n) is 3.65. The molecule has 0 amide bonds. The highest BCUT2D eigenvalue weighted by Gasteiger charge is 2.29. The van der Waals surface area contributed by atoms with Crippen LogP contribution in [0.15, 0.2) is 42.9 Å². The summed E-state index contributed by atoms with van der Waals surface area (Å²) >= 11 is 0. The number of anilines is 3. The van der Waals surface area contributed by atoms with Gasteiger partial charge >= 0.3 is 0 Å². The molecule has 0 aliphatic carbocycles. The van der Waals surface area contributed by atoms with Crippen LogP contribution in [0, 0.1) is 20.8 Å². The van der Waals surface area contributed by atoms with Crippen molar-refractivity contribution in [2.24, 2.45) is 0 Å². The van der Waals surface area contributed by atoms with Crippen LogP contribution in [0.4, 0.5) is 17.1 Å². The number of ether oxygens (including phenoxy) is 1. The molecule has 3 aromatic rings. The molecule has 0 radical (unpaired) electrons. The van der Waals surface area contributed by atoms with Gasteiger partial charge in [0.25, 0.3) is 0 Å². The van der Waals surface area contributed by atoms with Gasteiger partial charge in [-0.05, 0) is 55.0 Å². The van der Waals surface area contributed by atoms with E-state index in [0.29, 0.717) is 0 Å². The summed E-state index contributed by atoms with van der Waals surface area (Å²) in [6.07, 6.45) is 5.36. The second kappa shape index (κ2) is 6.08. The average Bonchev–Trinajstić information content (AvgIpc) is 2.60. The lowest BCUT2D eigenvalue weighted by molar-refractivity contribution is 0.471. The molecule has 2 aromatic heterocycles. The van der Waals surface area contributed by atoms with E-state index in [0.717, 1.165) is 28.6 Å². The van der Waals surface area contributed by atoms with Gasteiger partial charge in [0.1, 0.15) is 0 Å². The molecule has 1 aromatic carbocycles. The first-order valence-electron chi connectivity index (χ1n) is 9.26. The standard InChI is InChI=1S/C23H25N3O/c1-14-9-17(23(4,5)6)10-15(2)22(14)26-18-7-8-24-12-20(18)27-21-13-25-16(3)11-19(21)26/h7-13H,1-6H3. The first-order chi connectivity index (χ1) is 12.8. The number of fused-ring (bicyclic) bond motifs is 2. The van der Waals surface area contributed by atoms with Crippen molar-refractivity contribution in [1.82, 2.24) is 9.97 Å². The SMILES string of the molecule is Cc1cc2c(cn1)Oc1cnccc1N2c1c(C)cc(C(C)(C)C)cc1C. The molecule has 0 atom stereocenters. The molecule has 4 rings (SSSR count). The van der Waals surface area contributed by atoms with Gasteiger partial charge in [-0.25, -0.2) is 0 Å². The van der Waals surface area contributed by atoms with Crippen LogP contribution in [0.3, 0.4) is 0 Å². The Hall–Kier alpha value is -2.88. The van der Waals surface area contributed by atoms with Gasteiger partial charge in [-0.2, -0.15) is 0 Å². The van der Waals surface area contributed by atoms with E-state index in [1.54, 1.807) is 12.4 Å². The first-order valence-corrected chi connectivity index (χ1v) is 9.26. The summed E-state index contributed by atoms with van der Waals surface area (Å²) in [4.78, 5) is 10.9.